The van der Waals surface area contributed by atoms with Gasteiger partial charge in [-0.1, -0.05) is 11.6 Å². The minimum Gasteiger partial charge on any atom is -0.316 e. The van der Waals surface area contributed by atoms with E-state index in [0.717, 1.165) is 31.5 Å². The molecule has 0 aliphatic carbocycles. The molecule has 0 saturated carbocycles. The molecule has 2 rings (SSSR count). The van der Waals surface area contributed by atoms with Crippen molar-refractivity contribution < 1.29 is 4.21 Å². The van der Waals surface area contributed by atoms with E-state index in [1.807, 2.05) is 6.92 Å². The lowest BCUT2D eigenvalue weighted by atomic mass is 10.2. The molecule has 6 heteroatoms. The zero-order chi connectivity index (χ0) is 11.5. The van der Waals surface area contributed by atoms with Crippen LogP contribution in [0.15, 0.2) is 11.4 Å². The highest BCUT2D eigenvalue weighted by Gasteiger charge is 2.23. The maximum absolute atomic E-state index is 12.2. The number of nitrogens with one attached hydrogen (secondary N) is 1. The lowest BCUT2D eigenvalue weighted by Gasteiger charge is -2.21. The Kier molecular flexibility index (Phi) is 3.89. The van der Waals surface area contributed by atoms with Crippen LogP contribution in [0.25, 0.3) is 0 Å². The van der Waals surface area contributed by atoms with E-state index in [4.69, 9.17) is 11.6 Å². The van der Waals surface area contributed by atoms with E-state index in [1.54, 1.807) is 6.20 Å². The highest BCUT2D eigenvalue weighted by Crippen LogP contribution is 2.17. The summed E-state index contributed by atoms with van der Waals surface area (Å²) in [5.41, 5.74) is 0.809. The van der Waals surface area contributed by atoms with Crippen LogP contribution in [-0.2, 0) is 10.8 Å². The maximum Gasteiger partial charge on any atom is 0.220 e. The van der Waals surface area contributed by atoms with Crippen molar-refractivity contribution in [1.82, 2.24) is 15.3 Å². The van der Waals surface area contributed by atoms with Gasteiger partial charge in [-0.15, -0.1) is 0 Å². The van der Waals surface area contributed by atoms with E-state index in [1.165, 1.54) is 0 Å². The molecule has 1 fully saturated rings. The lowest BCUT2D eigenvalue weighted by molar-refractivity contribution is 0.518. The van der Waals surface area contributed by atoms with Crippen molar-refractivity contribution in [3.8, 4) is 0 Å². The second-order valence-electron chi connectivity index (χ2n) is 3.89. The van der Waals surface area contributed by atoms with Gasteiger partial charge in [0, 0.05) is 18.3 Å². The van der Waals surface area contributed by atoms with Crippen LogP contribution >= 0.6 is 11.6 Å². The van der Waals surface area contributed by atoms with Gasteiger partial charge in [-0.3, -0.25) is 4.21 Å². The number of halogens is 1. The summed E-state index contributed by atoms with van der Waals surface area (Å²) in [6, 6.07) is 0. The summed E-state index contributed by atoms with van der Waals surface area (Å²) in [5.74, 6) is 0. The van der Waals surface area contributed by atoms with Gasteiger partial charge in [0.2, 0.25) is 5.16 Å². The van der Waals surface area contributed by atoms with Gasteiger partial charge in [-0.05, 0) is 26.3 Å². The Labute approximate surface area is 102 Å². The van der Waals surface area contributed by atoms with Crippen molar-refractivity contribution in [3.05, 3.63) is 16.9 Å². The molecule has 1 saturated heterocycles. The summed E-state index contributed by atoms with van der Waals surface area (Å²) in [7, 11) is -1.16. The molecule has 0 spiro atoms. The largest absolute Gasteiger partial charge is 0.316 e. The second kappa shape index (κ2) is 5.21. The van der Waals surface area contributed by atoms with Crippen molar-refractivity contribution in [2.24, 2.45) is 0 Å². The molecular formula is C10H14ClN3OS. The van der Waals surface area contributed by atoms with Crippen LogP contribution in [0.4, 0.5) is 0 Å². The molecule has 1 N–H and O–H groups in total. The molecule has 1 aliphatic heterocycles. The van der Waals surface area contributed by atoms with Crippen molar-refractivity contribution >= 4 is 22.4 Å². The predicted molar refractivity (Wildman–Crippen MR) is 64.1 cm³/mol. The molecular weight excluding hydrogens is 246 g/mol. The van der Waals surface area contributed by atoms with Crippen LogP contribution in [0, 0.1) is 6.92 Å². The number of nitrogens with zero attached hydrogens (tertiary/aromatic N) is 2. The van der Waals surface area contributed by atoms with E-state index in [0.29, 0.717) is 10.3 Å². The topological polar surface area (TPSA) is 54.9 Å². The fourth-order valence-corrected chi connectivity index (χ4v) is 3.12. The van der Waals surface area contributed by atoms with Gasteiger partial charge < -0.3 is 5.32 Å². The molecule has 0 bridgehead atoms. The standard InChI is InChI=1S/C10H14ClN3OS/c1-7-5-13-10(14-9(7)11)16(15)8-3-2-4-12-6-8/h5,8,12H,2-4,6H2,1H3. The van der Waals surface area contributed by atoms with Gasteiger partial charge in [0.15, 0.2) is 0 Å². The third kappa shape index (κ3) is 2.59. The molecule has 16 heavy (non-hydrogen) atoms. The molecule has 0 radical (unpaired) electrons. The number of piperidine rings is 1. The first-order valence-electron chi connectivity index (χ1n) is 5.29. The molecule has 2 atom stereocenters. The molecule has 88 valence electrons. The first-order chi connectivity index (χ1) is 7.68. The van der Waals surface area contributed by atoms with E-state index < -0.39 is 10.8 Å². The van der Waals surface area contributed by atoms with Gasteiger partial charge in [0.1, 0.15) is 5.15 Å². The van der Waals surface area contributed by atoms with Crippen LogP contribution < -0.4 is 5.32 Å². The zero-order valence-corrected chi connectivity index (χ0v) is 10.6. The molecule has 2 unspecified atom stereocenters. The minimum atomic E-state index is -1.16. The fraction of sp³-hybridized carbons (Fsp3) is 0.600. The smallest absolute Gasteiger partial charge is 0.220 e. The van der Waals surface area contributed by atoms with E-state index in [2.05, 4.69) is 15.3 Å². The molecule has 1 aromatic heterocycles. The first kappa shape index (κ1) is 12.0. The quantitative estimate of drug-likeness (QED) is 0.643. The Hall–Kier alpha value is -0.520. The third-order valence-electron chi connectivity index (χ3n) is 2.62. The van der Waals surface area contributed by atoms with Crippen molar-refractivity contribution in [2.75, 3.05) is 13.1 Å². The third-order valence-corrected chi connectivity index (χ3v) is 4.57. The average Bonchev–Trinajstić information content (AvgIpc) is 2.33. The normalized spacial score (nSPS) is 23.0. The summed E-state index contributed by atoms with van der Waals surface area (Å²) < 4.78 is 12.2. The van der Waals surface area contributed by atoms with E-state index in [9.17, 15) is 4.21 Å². The maximum atomic E-state index is 12.2. The molecule has 4 nitrogen and oxygen atoms in total. The SMILES string of the molecule is Cc1cnc(S(=O)C2CCCNC2)nc1Cl. The average molecular weight is 260 g/mol. The predicted octanol–water partition coefficient (Wildman–Crippen LogP) is 1.30. The Morgan fingerprint density at radius 3 is 3.06 bits per heavy atom. The number of hydrogen-bond donors (Lipinski definition) is 1. The van der Waals surface area contributed by atoms with Crippen molar-refractivity contribution in [3.63, 3.8) is 0 Å². The molecule has 1 aromatic rings. The van der Waals surface area contributed by atoms with Crippen LogP contribution in [0.3, 0.4) is 0 Å². The summed E-state index contributed by atoms with van der Waals surface area (Å²) in [6.45, 7) is 3.60. The van der Waals surface area contributed by atoms with E-state index >= 15 is 0 Å². The number of hydrogen-bond acceptors (Lipinski definition) is 4. The van der Waals surface area contributed by atoms with Gasteiger partial charge in [-0.2, -0.15) is 0 Å². The number of rotatable bonds is 2. The molecule has 2 heterocycles. The Morgan fingerprint density at radius 1 is 1.62 bits per heavy atom. The highest BCUT2D eigenvalue weighted by atomic mass is 35.5. The minimum absolute atomic E-state index is 0.104. The first-order valence-corrected chi connectivity index (χ1v) is 6.88. The summed E-state index contributed by atoms with van der Waals surface area (Å²) >= 11 is 5.90. The Morgan fingerprint density at radius 2 is 2.44 bits per heavy atom. The van der Waals surface area contributed by atoms with Gasteiger partial charge in [0.25, 0.3) is 0 Å². The Bertz CT molecular complexity index is 407. The summed E-state index contributed by atoms with van der Waals surface area (Å²) in [4.78, 5) is 8.16. The van der Waals surface area contributed by atoms with Crippen molar-refractivity contribution in [1.29, 1.82) is 0 Å². The molecule has 1 aliphatic rings. The fourth-order valence-electron chi connectivity index (χ4n) is 1.65. The van der Waals surface area contributed by atoms with Gasteiger partial charge >= 0.3 is 0 Å². The monoisotopic (exact) mass is 259 g/mol. The van der Waals surface area contributed by atoms with Gasteiger partial charge in [0.05, 0.1) is 16.0 Å². The van der Waals surface area contributed by atoms with Crippen LogP contribution in [0.1, 0.15) is 18.4 Å². The molecule has 0 amide bonds. The number of aromatic nitrogens is 2. The summed E-state index contributed by atoms with van der Waals surface area (Å²) in [5, 5.41) is 4.08. The van der Waals surface area contributed by atoms with E-state index in [-0.39, 0.29) is 5.25 Å². The van der Waals surface area contributed by atoms with Crippen LogP contribution in [0.2, 0.25) is 5.15 Å². The Balaban J connectivity index is 2.16. The zero-order valence-electron chi connectivity index (χ0n) is 9.07. The highest BCUT2D eigenvalue weighted by molar-refractivity contribution is 7.85. The second-order valence-corrected chi connectivity index (χ2v) is 5.88. The lowest BCUT2D eigenvalue weighted by Crippen LogP contribution is -2.36. The van der Waals surface area contributed by atoms with Crippen molar-refractivity contribution in [2.45, 2.75) is 30.2 Å². The number of aryl methyl sites for hydroxylation is 1. The molecule has 0 aromatic carbocycles. The van der Waals surface area contributed by atoms with Crippen LogP contribution in [0.5, 0.6) is 0 Å². The van der Waals surface area contributed by atoms with Gasteiger partial charge in [-0.25, -0.2) is 9.97 Å². The summed E-state index contributed by atoms with van der Waals surface area (Å²) in [6.07, 6.45) is 3.63. The van der Waals surface area contributed by atoms with Crippen LogP contribution in [-0.4, -0.2) is 32.5 Å².